The highest BCUT2D eigenvalue weighted by molar-refractivity contribution is 7.89. The minimum atomic E-state index is -4.07. The molecular weight excluding hydrogens is 406 g/mol. The fourth-order valence-electron chi connectivity index (χ4n) is 2.81. The van der Waals surface area contributed by atoms with Crippen LogP contribution in [0.5, 0.6) is 0 Å². The maximum absolute atomic E-state index is 14.2. The number of halogens is 2. The van der Waals surface area contributed by atoms with E-state index in [-0.39, 0.29) is 24.2 Å². The Kier molecular flexibility index (Phi) is 5.94. The van der Waals surface area contributed by atoms with Gasteiger partial charge in [0.2, 0.25) is 10.0 Å². The first-order valence-electron chi connectivity index (χ1n) is 8.68. The third-order valence-corrected chi connectivity index (χ3v) is 6.47. The number of rotatable bonds is 6. The predicted molar refractivity (Wildman–Crippen MR) is 98.4 cm³/mol. The van der Waals surface area contributed by atoms with Crippen molar-refractivity contribution in [2.45, 2.75) is 17.4 Å². The van der Waals surface area contributed by atoms with E-state index in [4.69, 9.17) is 0 Å². The summed E-state index contributed by atoms with van der Waals surface area (Å²) in [5.74, 6) is -3.53. The van der Waals surface area contributed by atoms with Gasteiger partial charge >= 0.3 is 5.97 Å². The normalized spacial score (nSPS) is 15.3. The van der Waals surface area contributed by atoms with Crippen LogP contribution in [0.15, 0.2) is 47.4 Å². The molecule has 1 aliphatic rings. The minimum absolute atomic E-state index is 0.122. The second kappa shape index (κ2) is 8.26. The van der Waals surface area contributed by atoms with E-state index in [1.807, 2.05) is 0 Å². The summed E-state index contributed by atoms with van der Waals surface area (Å²) < 4.78 is 58.9. The molecule has 10 heteroatoms. The number of esters is 1. The standard InChI is InChI=1S/C19H18F2N2O5S/c1-28-19(25)17(13-5-2-3-6-14(13)20)22-18(24)12-7-8-15(21)16(11-12)29(26,27)23-9-4-10-23/h2-3,5-8,11,17H,4,9-10H2,1H3,(H,22,24)/t17-/m1/s1. The molecule has 1 atom stereocenters. The predicted octanol–water partition coefficient (Wildman–Crippen LogP) is 2.00. The average molecular weight is 424 g/mol. The number of nitrogens with zero attached hydrogens (tertiary/aromatic N) is 1. The number of carbonyl (C=O) groups excluding carboxylic acids is 2. The van der Waals surface area contributed by atoms with Crippen LogP contribution in [0.25, 0.3) is 0 Å². The molecule has 1 aliphatic heterocycles. The van der Waals surface area contributed by atoms with E-state index in [1.54, 1.807) is 0 Å². The fourth-order valence-corrected chi connectivity index (χ4v) is 4.42. The Hall–Kier alpha value is -2.85. The van der Waals surface area contributed by atoms with Gasteiger partial charge in [0.05, 0.1) is 7.11 Å². The molecule has 0 unspecified atom stereocenters. The van der Waals surface area contributed by atoms with Gasteiger partial charge in [0.25, 0.3) is 5.91 Å². The van der Waals surface area contributed by atoms with Crippen LogP contribution in [0.3, 0.4) is 0 Å². The average Bonchev–Trinajstić information content (AvgIpc) is 2.64. The molecule has 0 spiro atoms. The molecule has 7 nitrogen and oxygen atoms in total. The number of ether oxygens (including phenoxy) is 1. The topological polar surface area (TPSA) is 92.8 Å². The third-order valence-electron chi connectivity index (χ3n) is 4.55. The number of methoxy groups -OCH3 is 1. The summed E-state index contributed by atoms with van der Waals surface area (Å²) in [5, 5.41) is 2.31. The first-order valence-corrected chi connectivity index (χ1v) is 10.1. The van der Waals surface area contributed by atoms with Crippen molar-refractivity contribution in [3.63, 3.8) is 0 Å². The SMILES string of the molecule is COC(=O)[C@H](NC(=O)c1ccc(F)c(S(=O)(=O)N2CCC2)c1)c1ccccc1F. The number of carbonyl (C=O) groups is 2. The van der Waals surface area contributed by atoms with Crippen molar-refractivity contribution in [3.05, 3.63) is 65.2 Å². The zero-order valence-electron chi connectivity index (χ0n) is 15.4. The quantitative estimate of drug-likeness (QED) is 0.716. The van der Waals surface area contributed by atoms with Gasteiger partial charge in [-0.05, 0) is 30.7 Å². The highest BCUT2D eigenvalue weighted by atomic mass is 32.2. The monoisotopic (exact) mass is 424 g/mol. The lowest BCUT2D eigenvalue weighted by Crippen LogP contribution is -2.42. The smallest absolute Gasteiger partial charge is 0.333 e. The summed E-state index contributed by atoms with van der Waals surface area (Å²) in [5.41, 5.74) is -0.320. The van der Waals surface area contributed by atoms with E-state index < -0.39 is 44.5 Å². The van der Waals surface area contributed by atoms with Gasteiger partial charge in [-0.25, -0.2) is 22.0 Å². The van der Waals surface area contributed by atoms with Gasteiger partial charge in [0.15, 0.2) is 6.04 Å². The first kappa shape index (κ1) is 20.9. The first-order chi connectivity index (χ1) is 13.8. The molecule has 1 N–H and O–H groups in total. The Morgan fingerprint density at radius 2 is 1.79 bits per heavy atom. The van der Waals surface area contributed by atoms with Crippen molar-refractivity contribution >= 4 is 21.9 Å². The van der Waals surface area contributed by atoms with Crippen molar-refractivity contribution in [2.75, 3.05) is 20.2 Å². The van der Waals surface area contributed by atoms with Crippen molar-refractivity contribution < 1.29 is 31.5 Å². The van der Waals surface area contributed by atoms with Crippen LogP contribution in [0.2, 0.25) is 0 Å². The Bertz CT molecular complexity index is 1050. The van der Waals surface area contributed by atoms with Gasteiger partial charge in [-0.3, -0.25) is 4.79 Å². The molecule has 3 rings (SSSR count). The van der Waals surface area contributed by atoms with Crippen LogP contribution in [0, 0.1) is 11.6 Å². The van der Waals surface area contributed by atoms with E-state index in [0.29, 0.717) is 6.42 Å². The minimum Gasteiger partial charge on any atom is -0.467 e. The second-order valence-electron chi connectivity index (χ2n) is 6.35. The highest BCUT2D eigenvalue weighted by Crippen LogP contribution is 2.25. The number of hydrogen-bond acceptors (Lipinski definition) is 5. The molecule has 1 amide bonds. The van der Waals surface area contributed by atoms with E-state index in [0.717, 1.165) is 35.7 Å². The molecule has 0 aromatic heterocycles. The highest BCUT2D eigenvalue weighted by Gasteiger charge is 2.33. The maximum Gasteiger partial charge on any atom is 0.333 e. The van der Waals surface area contributed by atoms with Crippen LogP contribution in [0.4, 0.5) is 8.78 Å². The van der Waals surface area contributed by atoms with Gasteiger partial charge in [0.1, 0.15) is 16.5 Å². The van der Waals surface area contributed by atoms with Gasteiger partial charge in [0, 0.05) is 24.2 Å². The van der Waals surface area contributed by atoms with Crippen LogP contribution in [-0.4, -0.2) is 44.8 Å². The molecule has 1 heterocycles. The lowest BCUT2D eigenvalue weighted by molar-refractivity contribution is -0.143. The summed E-state index contributed by atoms with van der Waals surface area (Å²) in [6.45, 7) is 0.547. The van der Waals surface area contributed by atoms with E-state index in [1.165, 1.54) is 18.2 Å². The Morgan fingerprint density at radius 3 is 2.38 bits per heavy atom. The van der Waals surface area contributed by atoms with Crippen molar-refractivity contribution in [2.24, 2.45) is 0 Å². The Morgan fingerprint density at radius 1 is 1.10 bits per heavy atom. The Labute approximate surface area is 166 Å². The van der Waals surface area contributed by atoms with Gasteiger partial charge in [-0.15, -0.1) is 0 Å². The van der Waals surface area contributed by atoms with Gasteiger partial charge in [-0.1, -0.05) is 18.2 Å². The number of benzene rings is 2. The summed E-state index contributed by atoms with van der Waals surface area (Å²) in [4.78, 5) is 24.1. The van der Waals surface area contributed by atoms with Crippen LogP contribution in [-0.2, 0) is 19.6 Å². The molecule has 0 radical (unpaired) electrons. The van der Waals surface area contributed by atoms with Crippen LogP contribution < -0.4 is 5.32 Å². The molecule has 2 aromatic carbocycles. The number of amides is 1. The molecule has 1 fully saturated rings. The zero-order valence-corrected chi connectivity index (χ0v) is 16.2. The Balaban J connectivity index is 1.92. The molecular formula is C19H18F2N2O5S. The summed E-state index contributed by atoms with van der Waals surface area (Å²) in [7, 11) is -2.99. The van der Waals surface area contributed by atoms with Gasteiger partial charge < -0.3 is 10.1 Å². The second-order valence-corrected chi connectivity index (χ2v) is 8.26. The van der Waals surface area contributed by atoms with E-state index in [2.05, 4.69) is 10.1 Å². The molecule has 2 aromatic rings. The van der Waals surface area contributed by atoms with Crippen molar-refractivity contribution in [3.8, 4) is 0 Å². The van der Waals surface area contributed by atoms with Crippen LogP contribution in [0.1, 0.15) is 28.4 Å². The molecule has 0 bridgehead atoms. The molecule has 0 saturated carbocycles. The summed E-state index contributed by atoms with van der Waals surface area (Å²) in [6, 6.07) is 6.70. The maximum atomic E-state index is 14.2. The number of nitrogens with one attached hydrogen (secondary N) is 1. The number of sulfonamides is 1. The number of hydrogen-bond donors (Lipinski definition) is 1. The van der Waals surface area contributed by atoms with Gasteiger partial charge in [-0.2, -0.15) is 4.31 Å². The summed E-state index contributed by atoms with van der Waals surface area (Å²) in [6.07, 6.45) is 0.671. The van der Waals surface area contributed by atoms with Crippen LogP contribution >= 0.6 is 0 Å². The molecule has 154 valence electrons. The molecule has 1 saturated heterocycles. The van der Waals surface area contributed by atoms with Crippen molar-refractivity contribution in [1.82, 2.24) is 9.62 Å². The van der Waals surface area contributed by atoms with E-state index in [9.17, 15) is 26.8 Å². The lowest BCUT2D eigenvalue weighted by Gasteiger charge is -2.29. The fraction of sp³-hybridized carbons (Fsp3) is 0.263. The third kappa shape index (κ3) is 4.13. The molecule has 29 heavy (non-hydrogen) atoms. The summed E-state index contributed by atoms with van der Waals surface area (Å²) >= 11 is 0. The van der Waals surface area contributed by atoms with E-state index >= 15 is 0 Å². The largest absolute Gasteiger partial charge is 0.467 e. The lowest BCUT2D eigenvalue weighted by atomic mass is 10.1. The van der Waals surface area contributed by atoms with Crippen molar-refractivity contribution in [1.29, 1.82) is 0 Å². The molecule has 0 aliphatic carbocycles. The zero-order chi connectivity index (χ0) is 21.2.